The number of rotatable bonds is 4. The van der Waals surface area contributed by atoms with Gasteiger partial charge in [0, 0.05) is 44.8 Å². The zero-order valence-electron chi connectivity index (χ0n) is 17.1. The van der Waals surface area contributed by atoms with Gasteiger partial charge in [0.25, 0.3) is 5.91 Å². The summed E-state index contributed by atoms with van der Waals surface area (Å²) in [6.45, 7) is 6.92. The van der Waals surface area contributed by atoms with Gasteiger partial charge in [-0.25, -0.2) is 0 Å². The number of hydrogen-bond donors (Lipinski definition) is 0. The van der Waals surface area contributed by atoms with Gasteiger partial charge in [-0.1, -0.05) is 30.5 Å². The van der Waals surface area contributed by atoms with Gasteiger partial charge in [0.2, 0.25) is 5.91 Å². The van der Waals surface area contributed by atoms with E-state index in [9.17, 15) is 9.59 Å². The molecule has 1 aliphatic carbocycles. The predicted octanol–water partition coefficient (Wildman–Crippen LogP) is 2.93. The molecule has 0 spiro atoms. The third-order valence-corrected chi connectivity index (χ3v) is 6.81. The maximum absolute atomic E-state index is 13.3. The van der Waals surface area contributed by atoms with E-state index in [0.717, 1.165) is 44.6 Å². The van der Waals surface area contributed by atoms with Crippen molar-refractivity contribution in [2.24, 2.45) is 5.92 Å². The van der Waals surface area contributed by atoms with Crippen molar-refractivity contribution >= 4 is 11.8 Å². The molecule has 0 unspecified atom stereocenters. The van der Waals surface area contributed by atoms with E-state index in [2.05, 4.69) is 9.80 Å². The van der Waals surface area contributed by atoms with Crippen molar-refractivity contribution in [1.29, 1.82) is 0 Å². The average molecular weight is 384 g/mol. The number of likely N-dealkylation sites (tertiary alicyclic amines) is 1. The molecule has 3 fully saturated rings. The predicted molar refractivity (Wildman–Crippen MR) is 110 cm³/mol. The summed E-state index contributed by atoms with van der Waals surface area (Å²) in [7, 11) is 0. The lowest BCUT2D eigenvalue weighted by Crippen LogP contribution is -2.58. The van der Waals surface area contributed by atoms with Crippen LogP contribution in [0.4, 0.5) is 0 Å². The van der Waals surface area contributed by atoms with Crippen molar-refractivity contribution in [3.05, 3.63) is 35.4 Å². The van der Waals surface area contributed by atoms with Gasteiger partial charge >= 0.3 is 0 Å². The van der Waals surface area contributed by atoms with Crippen LogP contribution < -0.4 is 0 Å². The first-order valence-corrected chi connectivity index (χ1v) is 11.0. The summed E-state index contributed by atoms with van der Waals surface area (Å²) >= 11 is 0. The van der Waals surface area contributed by atoms with Crippen molar-refractivity contribution < 1.29 is 9.59 Å². The van der Waals surface area contributed by atoms with Crippen LogP contribution in [0.15, 0.2) is 24.3 Å². The minimum absolute atomic E-state index is 0.0252. The number of aryl methyl sites for hydroxylation is 1. The molecule has 2 aliphatic heterocycles. The number of hydrogen-bond acceptors (Lipinski definition) is 3. The quantitative estimate of drug-likeness (QED) is 0.803. The maximum atomic E-state index is 13.3. The van der Waals surface area contributed by atoms with Crippen LogP contribution in [-0.4, -0.2) is 71.8 Å². The van der Waals surface area contributed by atoms with Gasteiger partial charge in [-0.2, -0.15) is 0 Å². The first-order valence-electron chi connectivity index (χ1n) is 11.0. The summed E-state index contributed by atoms with van der Waals surface area (Å²) in [5.74, 6) is 0.957. The van der Waals surface area contributed by atoms with Crippen LogP contribution in [0.5, 0.6) is 0 Å². The number of benzene rings is 1. The normalized spacial score (nSPS) is 22.6. The summed E-state index contributed by atoms with van der Waals surface area (Å²) in [6, 6.07) is 7.85. The van der Waals surface area contributed by atoms with E-state index in [1.807, 2.05) is 36.1 Å². The minimum atomic E-state index is 0.0252. The molecular formula is C23H33N3O2. The van der Waals surface area contributed by atoms with E-state index in [1.165, 1.54) is 31.2 Å². The molecule has 3 aliphatic rings. The molecule has 0 radical (unpaired) electrons. The molecule has 28 heavy (non-hydrogen) atoms. The molecule has 2 heterocycles. The number of amides is 2. The highest BCUT2D eigenvalue weighted by Crippen LogP contribution is 2.32. The Balaban J connectivity index is 1.41. The van der Waals surface area contributed by atoms with Crippen LogP contribution in [0.2, 0.25) is 0 Å². The lowest BCUT2D eigenvalue weighted by molar-refractivity contribution is -0.138. The lowest BCUT2D eigenvalue weighted by Gasteiger charge is -2.42. The molecule has 1 aromatic carbocycles. The highest BCUT2D eigenvalue weighted by molar-refractivity contribution is 5.94. The standard InChI is InChI=1S/C23H33N3O2/c1-18-8-10-20(11-9-18)22(27)26-16-14-24(15-17-26)21(19-6-2-3-7-19)23(28)25-12-4-5-13-25/h8-11,19,21H,2-7,12-17H2,1H3/t21-/m1/s1. The van der Waals surface area contributed by atoms with Crippen LogP contribution in [0.1, 0.15) is 54.4 Å². The summed E-state index contributed by atoms with van der Waals surface area (Å²) in [4.78, 5) is 32.5. The fourth-order valence-corrected chi connectivity index (χ4v) is 5.14. The zero-order chi connectivity index (χ0) is 19.5. The van der Waals surface area contributed by atoms with E-state index < -0.39 is 0 Å². The monoisotopic (exact) mass is 383 g/mol. The largest absolute Gasteiger partial charge is 0.341 e. The molecule has 1 aromatic rings. The second-order valence-electron chi connectivity index (χ2n) is 8.72. The van der Waals surface area contributed by atoms with Crippen LogP contribution in [-0.2, 0) is 4.79 Å². The molecule has 1 saturated carbocycles. The third kappa shape index (κ3) is 4.09. The van der Waals surface area contributed by atoms with Gasteiger partial charge in [0.15, 0.2) is 0 Å². The number of piperazine rings is 1. The smallest absolute Gasteiger partial charge is 0.253 e. The summed E-state index contributed by atoms with van der Waals surface area (Å²) < 4.78 is 0. The number of nitrogens with zero attached hydrogens (tertiary/aromatic N) is 3. The Kier molecular flexibility index (Phi) is 6.00. The molecule has 2 amide bonds. The maximum Gasteiger partial charge on any atom is 0.253 e. The highest BCUT2D eigenvalue weighted by atomic mass is 16.2. The Hall–Kier alpha value is -1.88. The first-order chi connectivity index (χ1) is 13.6. The Morgan fingerprint density at radius 3 is 2.04 bits per heavy atom. The van der Waals surface area contributed by atoms with Crippen molar-refractivity contribution in [3.8, 4) is 0 Å². The van der Waals surface area contributed by atoms with E-state index in [0.29, 0.717) is 24.9 Å². The van der Waals surface area contributed by atoms with Crippen LogP contribution >= 0.6 is 0 Å². The van der Waals surface area contributed by atoms with E-state index in [4.69, 9.17) is 0 Å². The van der Waals surface area contributed by atoms with Gasteiger partial charge < -0.3 is 9.80 Å². The van der Waals surface area contributed by atoms with Gasteiger partial charge in [-0.3, -0.25) is 14.5 Å². The minimum Gasteiger partial charge on any atom is -0.341 e. The molecule has 5 nitrogen and oxygen atoms in total. The van der Waals surface area contributed by atoms with Crippen molar-refractivity contribution in [2.75, 3.05) is 39.3 Å². The summed E-state index contributed by atoms with van der Waals surface area (Å²) in [6.07, 6.45) is 7.13. The average Bonchev–Trinajstić information content (AvgIpc) is 3.43. The molecule has 4 rings (SSSR count). The number of carbonyl (C=O) groups excluding carboxylic acids is 2. The molecule has 1 atom stereocenters. The lowest BCUT2D eigenvalue weighted by atomic mass is 9.94. The highest BCUT2D eigenvalue weighted by Gasteiger charge is 2.39. The second-order valence-corrected chi connectivity index (χ2v) is 8.72. The van der Waals surface area contributed by atoms with Gasteiger partial charge in [-0.15, -0.1) is 0 Å². The SMILES string of the molecule is Cc1ccc(C(=O)N2CCN([C@@H](C(=O)N3CCCC3)C3CCCC3)CC2)cc1. The molecule has 0 N–H and O–H groups in total. The Morgan fingerprint density at radius 1 is 0.821 bits per heavy atom. The first kappa shape index (κ1) is 19.4. The van der Waals surface area contributed by atoms with Crippen LogP contribution in [0.25, 0.3) is 0 Å². The van der Waals surface area contributed by atoms with Crippen molar-refractivity contribution in [3.63, 3.8) is 0 Å². The molecule has 0 aromatic heterocycles. The second kappa shape index (κ2) is 8.64. The molecular weight excluding hydrogens is 350 g/mol. The van der Waals surface area contributed by atoms with Gasteiger partial charge in [0.05, 0.1) is 6.04 Å². The van der Waals surface area contributed by atoms with Crippen molar-refractivity contribution in [2.45, 2.75) is 51.5 Å². The van der Waals surface area contributed by atoms with E-state index in [-0.39, 0.29) is 11.9 Å². The van der Waals surface area contributed by atoms with E-state index >= 15 is 0 Å². The molecule has 5 heteroatoms. The fraction of sp³-hybridized carbons (Fsp3) is 0.652. The molecule has 0 bridgehead atoms. The zero-order valence-corrected chi connectivity index (χ0v) is 17.1. The van der Waals surface area contributed by atoms with Crippen LogP contribution in [0.3, 0.4) is 0 Å². The topological polar surface area (TPSA) is 43.9 Å². The van der Waals surface area contributed by atoms with Gasteiger partial charge in [-0.05, 0) is 50.7 Å². The fourth-order valence-electron chi connectivity index (χ4n) is 5.14. The summed E-state index contributed by atoms with van der Waals surface area (Å²) in [5, 5.41) is 0. The van der Waals surface area contributed by atoms with Gasteiger partial charge in [0.1, 0.15) is 0 Å². The Morgan fingerprint density at radius 2 is 1.43 bits per heavy atom. The Labute approximate surface area is 168 Å². The molecule has 2 saturated heterocycles. The molecule has 152 valence electrons. The van der Waals surface area contributed by atoms with Crippen LogP contribution in [0, 0.1) is 12.8 Å². The number of carbonyl (C=O) groups is 2. The Bertz CT molecular complexity index is 682. The van der Waals surface area contributed by atoms with Crippen molar-refractivity contribution in [1.82, 2.24) is 14.7 Å². The van der Waals surface area contributed by atoms with E-state index in [1.54, 1.807) is 0 Å². The summed E-state index contributed by atoms with van der Waals surface area (Å²) in [5.41, 5.74) is 1.93. The third-order valence-electron chi connectivity index (χ3n) is 6.81.